The van der Waals surface area contributed by atoms with Crippen molar-refractivity contribution in [3.63, 3.8) is 0 Å². The normalized spacial score (nSPS) is 17.7. The number of rotatable bonds is 8. The highest BCUT2D eigenvalue weighted by Gasteiger charge is 2.42. The molecule has 3 nitrogen and oxygen atoms in total. The monoisotopic (exact) mass is 330 g/mol. The summed E-state index contributed by atoms with van der Waals surface area (Å²) in [4.78, 5) is 11.9. The predicted molar refractivity (Wildman–Crippen MR) is 96.5 cm³/mol. The molecule has 0 aromatic carbocycles. The zero-order chi connectivity index (χ0) is 17.9. The Morgan fingerprint density at radius 2 is 1.55 bits per heavy atom. The molecule has 0 saturated carbocycles. The first kappa shape index (κ1) is 21.8. The lowest BCUT2D eigenvalue weighted by Gasteiger charge is -2.43. The Morgan fingerprint density at radius 1 is 1.09 bits per heavy atom. The van der Waals surface area contributed by atoms with Gasteiger partial charge in [-0.3, -0.25) is 4.79 Å². The number of carbonyl (C=O) groups excluding carboxylic acids is 1. The number of hydrogen-bond donors (Lipinski definition) is 1. The molecule has 0 radical (unpaired) electrons. The van der Waals surface area contributed by atoms with Gasteiger partial charge < -0.3 is 9.53 Å². The Morgan fingerprint density at radius 3 is 1.86 bits per heavy atom. The molecule has 0 aromatic rings. The predicted octanol–water partition coefficient (Wildman–Crippen LogP) is 4.65. The third-order valence-electron chi connectivity index (χ3n) is 5.07. The molecule has 1 N–H and O–H groups in total. The van der Waals surface area contributed by atoms with Crippen LogP contribution in [0.1, 0.15) is 61.8 Å². The molecule has 0 aliphatic rings. The molecule has 0 bridgehead atoms. The van der Waals surface area contributed by atoms with Crippen molar-refractivity contribution in [1.29, 1.82) is 0 Å². The van der Waals surface area contributed by atoms with Crippen LogP contribution >= 0.6 is 0 Å². The maximum absolute atomic E-state index is 11.9. The van der Waals surface area contributed by atoms with Gasteiger partial charge >= 0.3 is 0 Å². The van der Waals surface area contributed by atoms with E-state index < -0.39 is 14.4 Å². The van der Waals surface area contributed by atoms with Gasteiger partial charge in [0.15, 0.2) is 8.32 Å². The standard InChI is InChI=1S/C18H38O3Si/c1-12(2)15(19)11-16(20)14(5)17(13(3)4)21-22(9,10)18(6,7)8/h12-14,16-17,20H,11H2,1-10H3/t14-,16-,17+/m0/s1. The minimum Gasteiger partial charge on any atom is -0.413 e. The fraction of sp³-hybridized carbons (Fsp3) is 0.944. The summed E-state index contributed by atoms with van der Waals surface area (Å²) in [6, 6.07) is 0. The van der Waals surface area contributed by atoms with Crippen LogP contribution in [0.2, 0.25) is 18.1 Å². The molecule has 4 heteroatoms. The van der Waals surface area contributed by atoms with Crippen LogP contribution in [0.4, 0.5) is 0 Å². The molecule has 0 saturated heterocycles. The van der Waals surface area contributed by atoms with E-state index in [0.717, 1.165) is 0 Å². The molecule has 132 valence electrons. The van der Waals surface area contributed by atoms with E-state index in [1.165, 1.54) is 0 Å². The lowest BCUT2D eigenvalue weighted by Crippen LogP contribution is -2.49. The molecule has 0 fully saturated rings. The second kappa shape index (κ2) is 8.07. The molecular weight excluding hydrogens is 292 g/mol. The van der Waals surface area contributed by atoms with Gasteiger partial charge in [-0.2, -0.15) is 0 Å². The van der Waals surface area contributed by atoms with Gasteiger partial charge in [0.25, 0.3) is 0 Å². The molecule has 0 heterocycles. The summed E-state index contributed by atoms with van der Waals surface area (Å²) in [6.45, 7) is 21.2. The van der Waals surface area contributed by atoms with Crippen LogP contribution < -0.4 is 0 Å². The summed E-state index contributed by atoms with van der Waals surface area (Å²) in [7, 11) is -1.90. The van der Waals surface area contributed by atoms with Gasteiger partial charge in [0.2, 0.25) is 0 Å². The van der Waals surface area contributed by atoms with E-state index in [0.29, 0.717) is 5.92 Å². The quantitative estimate of drug-likeness (QED) is 0.659. The summed E-state index contributed by atoms with van der Waals surface area (Å²) in [6.07, 6.45) is -0.425. The Hall–Kier alpha value is -0.193. The number of aliphatic hydroxyl groups excluding tert-OH is 1. The van der Waals surface area contributed by atoms with Gasteiger partial charge in [0.1, 0.15) is 5.78 Å². The fourth-order valence-electron chi connectivity index (χ4n) is 2.21. The molecule has 0 aromatic heterocycles. The van der Waals surface area contributed by atoms with Crippen LogP contribution in [0.5, 0.6) is 0 Å². The van der Waals surface area contributed by atoms with Crippen LogP contribution in [-0.2, 0) is 9.22 Å². The first-order chi connectivity index (χ1) is 9.70. The van der Waals surface area contributed by atoms with Gasteiger partial charge in [-0.15, -0.1) is 0 Å². The molecule has 0 rings (SSSR count). The minimum absolute atomic E-state index is 0.0177. The van der Waals surface area contributed by atoms with Crippen LogP contribution in [0.25, 0.3) is 0 Å². The molecule has 0 aliphatic carbocycles. The Balaban J connectivity index is 5.07. The smallest absolute Gasteiger partial charge is 0.192 e. The van der Waals surface area contributed by atoms with Crippen LogP contribution in [0.3, 0.4) is 0 Å². The van der Waals surface area contributed by atoms with Gasteiger partial charge in [-0.05, 0) is 24.1 Å². The van der Waals surface area contributed by atoms with Gasteiger partial charge in [-0.1, -0.05) is 55.4 Å². The summed E-state index contributed by atoms with van der Waals surface area (Å²) in [5.41, 5.74) is 0. The number of Topliss-reactive ketones (excluding diaryl/α,β-unsaturated/α-hetero) is 1. The average Bonchev–Trinajstić information content (AvgIpc) is 2.33. The number of hydrogen-bond acceptors (Lipinski definition) is 3. The highest BCUT2D eigenvalue weighted by atomic mass is 28.4. The molecule has 3 atom stereocenters. The van der Waals surface area contributed by atoms with Crippen molar-refractivity contribution in [3.8, 4) is 0 Å². The average molecular weight is 331 g/mol. The first-order valence-electron chi connectivity index (χ1n) is 8.59. The lowest BCUT2D eigenvalue weighted by molar-refractivity contribution is -0.125. The zero-order valence-electron chi connectivity index (χ0n) is 16.4. The molecule has 0 spiro atoms. The Labute approximate surface area is 139 Å². The molecule has 0 unspecified atom stereocenters. The molecule has 22 heavy (non-hydrogen) atoms. The van der Waals surface area contributed by atoms with Crippen molar-refractivity contribution in [2.45, 2.75) is 92.2 Å². The van der Waals surface area contributed by atoms with E-state index in [1.54, 1.807) is 0 Å². The second-order valence-corrected chi connectivity index (χ2v) is 13.6. The Bertz CT molecular complexity index is 356. The summed E-state index contributed by atoms with van der Waals surface area (Å²) < 4.78 is 6.56. The minimum atomic E-state index is -1.90. The van der Waals surface area contributed by atoms with E-state index >= 15 is 0 Å². The van der Waals surface area contributed by atoms with Crippen molar-refractivity contribution in [3.05, 3.63) is 0 Å². The van der Waals surface area contributed by atoms with Crippen LogP contribution in [0, 0.1) is 17.8 Å². The van der Waals surface area contributed by atoms with Gasteiger partial charge in [0, 0.05) is 18.3 Å². The molecule has 0 aliphatic heterocycles. The fourth-order valence-corrected chi connectivity index (χ4v) is 3.73. The van der Waals surface area contributed by atoms with Crippen LogP contribution in [0.15, 0.2) is 0 Å². The lowest BCUT2D eigenvalue weighted by atomic mass is 9.87. The largest absolute Gasteiger partial charge is 0.413 e. The summed E-state index contributed by atoms with van der Waals surface area (Å²) in [5, 5.41) is 10.6. The highest BCUT2D eigenvalue weighted by Crippen LogP contribution is 2.39. The van der Waals surface area contributed by atoms with E-state index in [-0.39, 0.29) is 35.2 Å². The summed E-state index contributed by atoms with van der Waals surface area (Å²) in [5.74, 6) is 0.361. The maximum atomic E-state index is 11.9. The van der Waals surface area contributed by atoms with Crippen molar-refractivity contribution >= 4 is 14.1 Å². The van der Waals surface area contributed by atoms with Crippen molar-refractivity contribution in [2.24, 2.45) is 17.8 Å². The zero-order valence-corrected chi connectivity index (χ0v) is 17.4. The van der Waals surface area contributed by atoms with E-state index in [1.807, 2.05) is 20.8 Å². The molecule has 0 amide bonds. The van der Waals surface area contributed by atoms with E-state index in [9.17, 15) is 9.90 Å². The second-order valence-electron chi connectivity index (χ2n) is 8.84. The summed E-state index contributed by atoms with van der Waals surface area (Å²) >= 11 is 0. The van der Waals surface area contributed by atoms with Crippen molar-refractivity contribution in [1.82, 2.24) is 0 Å². The van der Waals surface area contributed by atoms with E-state index in [4.69, 9.17) is 4.43 Å². The highest BCUT2D eigenvalue weighted by molar-refractivity contribution is 6.74. The van der Waals surface area contributed by atoms with Crippen molar-refractivity contribution in [2.75, 3.05) is 0 Å². The third kappa shape index (κ3) is 6.13. The third-order valence-corrected chi connectivity index (χ3v) is 9.55. The topological polar surface area (TPSA) is 46.5 Å². The van der Waals surface area contributed by atoms with E-state index in [2.05, 4.69) is 47.7 Å². The number of aliphatic hydroxyl groups is 1. The molecular formula is C18H38O3Si. The number of ketones is 1. The maximum Gasteiger partial charge on any atom is 0.192 e. The Kier molecular flexibility index (Phi) is 8.00. The van der Waals surface area contributed by atoms with Gasteiger partial charge in [-0.25, -0.2) is 0 Å². The van der Waals surface area contributed by atoms with Crippen molar-refractivity contribution < 1.29 is 14.3 Å². The SMILES string of the molecule is CC(C)C(=O)C[C@H](O)[C@H](C)[C@H](O[Si](C)(C)C(C)(C)C)C(C)C. The first-order valence-corrected chi connectivity index (χ1v) is 11.5. The van der Waals surface area contributed by atoms with Crippen LogP contribution in [-0.4, -0.2) is 31.4 Å². The van der Waals surface area contributed by atoms with Gasteiger partial charge in [0.05, 0.1) is 12.2 Å². The number of carbonyl (C=O) groups is 1.